The Morgan fingerprint density at radius 1 is 1.14 bits per heavy atom. The van der Waals surface area contributed by atoms with Crippen LogP contribution in [0.4, 0.5) is 5.69 Å². The molecule has 7 nitrogen and oxygen atoms in total. The van der Waals surface area contributed by atoms with Crippen molar-refractivity contribution in [2.45, 2.75) is 4.90 Å². The monoisotopic (exact) mass is 328 g/mol. The minimum absolute atomic E-state index is 0.0692. The van der Waals surface area contributed by atoms with E-state index in [1.165, 1.54) is 42.5 Å². The predicted molar refractivity (Wildman–Crippen MR) is 76.0 cm³/mol. The van der Waals surface area contributed by atoms with Crippen LogP contribution in [0.25, 0.3) is 0 Å². The Bertz CT molecular complexity index is 790. The van der Waals surface area contributed by atoms with Crippen molar-refractivity contribution in [3.8, 4) is 11.5 Å². The predicted octanol–water partition coefficient (Wildman–Crippen LogP) is 2.69. The van der Waals surface area contributed by atoms with Crippen LogP contribution >= 0.6 is 11.6 Å². The van der Waals surface area contributed by atoms with Gasteiger partial charge >= 0.3 is 5.69 Å². The topological polar surface area (TPSA) is 113 Å². The van der Waals surface area contributed by atoms with Crippen LogP contribution in [0.15, 0.2) is 47.4 Å². The number of benzene rings is 2. The number of ether oxygens (including phenoxy) is 1. The summed E-state index contributed by atoms with van der Waals surface area (Å²) in [5.74, 6) is 0.0751. The van der Waals surface area contributed by atoms with Crippen LogP contribution in [0.1, 0.15) is 0 Å². The highest BCUT2D eigenvalue weighted by atomic mass is 35.5. The van der Waals surface area contributed by atoms with Crippen LogP contribution in [0.5, 0.6) is 11.5 Å². The Balaban J connectivity index is 2.37. The summed E-state index contributed by atoms with van der Waals surface area (Å²) in [6.07, 6.45) is 0. The van der Waals surface area contributed by atoms with Crippen molar-refractivity contribution in [2.24, 2.45) is 5.14 Å². The van der Waals surface area contributed by atoms with Crippen LogP contribution in [-0.4, -0.2) is 13.3 Å². The summed E-state index contributed by atoms with van der Waals surface area (Å²) in [7, 11) is -3.81. The molecule has 0 aromatic heterocycles. The third-order valence-electron chi connectivity index (χ3n) is 2.52. The molecule has 0 saturated heterocycles. The fraction of sp³-hybridized carbons (Fsp3) is 0. The minimum Gasteiger partial charge on any atom is -0.449 e. The van der Waals surface area contributed by atoms with Gasteiger partial charge in [-0.05, 0) is 30.3 Å². The van der Waals surface area contributed by atoms with Crippen molar-refractivity contribution in [2.75, 3.05) is 0 Å². The first-order chi connectivity index (χ1) is 9.79. The molecule has 110 valence electrons. The molecule has 0 bridgehead atoms. The van der Waals surface area contributed by atoms with Crippen LogP contribution in [-0.2, 0) is 10.0 Å². The molecular weight excluding hydrogens is 320 g/mol. The number of nitro benzene ring substituents is 1. The third-order valence-corrected chi connectivity index (χ3v) is 3.74. The lowest BCUT2D eigenvalue weighted by atomic mass is 10.3. The SMILES string of the molecule is NS(=O)(=O)c1ccc(Oc2c(Cl)cccc2[N+](=O)[O-])cc1. The summed E-state index contributed by atoms with van der Waals surface area (Å²) in [5.41, 5.74) is -0.293. The molecule has 0 heterocycles. The van der Waals surface area contributed by atoms with E-state index in [0.717, 1.165) is 0 Å². The molecule has 2 N–H and O–H groups in total. The van der Waals surface area contributed by atoms with Crippen LogP contribution in [0, 0.1) is 10.1 Å². The second-order valence-corrected chi connectivity index (χ2v) is 5.93. The molecule has 0 spiro atoms. The molecule has 0 fully saturated rings. The number of nitrogens with zero attached hydrogens (tertiary/aromatic N) is 1. The van der Waals surface area contributed by atoms with Gasteiger partial charge in [-0.25, -0.2) is 13.6 Å². The second-order valence-electron chi connectivity index (χ2n) is 3.96. The van der Waals surface area contributed by atoms with E-state index in [1.54, 1.807) is 0 Å². The Kier molecular flexibility index (Phi) is 4.12. The van der Waals surface area contributed by atoms with E-state index in [0.29, 0.717) is 0 Å². The molecule has 0 unspecified atom stereocenters. The average Bonchev–Trinajstić information content (AvgIpc) is 2.40. The number of nitrogens with two attached hydrogens (primary N) is 1. The molecule has 0 aliphatic heterocycles. The van der Waals surface area contributed by atoms with Gasteiger partial charge in [-0.2, -0.15) is 0 Å². The van der Waals surface area contributed by atoms with E-state index >= 15 is 0 Å². The summed E-state index contributed by atoms with van der Waals surface area (Å²) in [4.78, 5) is 10.2. The highest BCUT2D eigenvalue weighted by Crippen LogP contribution is 2.37. The van der Waals surface area contributed by atoms with Crippen molar-refractivity contribution < 1.29 is 18.1 Å². The molecule has 0 aliphatic carbocycles. The fourth-order valence-corrected chi connectivity index (χ4v) is 2.28. The maximum absolute atomic E-state index is 11.1. The standard InChI is InChI=1S/C12H9ClN2O5S/c13-10-2-1-3-11(15(16)17)12(10)20-8-4-6-9(7-5-8)21(14,18)19/h1-7H,(H2,14,18,19). The third kappa shape index (κ3) is 3.48. The second kappa shape index (κ2) is 5.68. The number of sulfonamides is 1. The van der Waals surface area contributed by atoms with Crippen LogP contribution < -0.4 is 9.88 Å². The van der Waals surface area contributed by atoms with Gasteiger partial charge in [0.1, 0.15) is 5.75 Å². The van der Waals surface area contributed by atoms with Gasteiger partial charge in [0.25, 0.3) is 0 Å². The smallest absolute Gasteiger partial charge is 0.313 e. The fourth-order valence-electron chi connectivity index (χ4n) is 1.56. The number of nitro groups is 1. The molecular formula is C12H9ClN2O5S. The lowest BCUT2D eigenvalue weighted by molar-refractivity contribution is -0.385. The molecule has 0 atom stereocenters. The molecule has 2 aromatic rings. The molecule has 2 rings (SSSR count). The molecule has 2 aromatic carbocycles. The highest BCUT2D eigenvalue weighted by molar-refractivity contribution is 7.89. The minimum atomic E-state index is -3.81. The zero-order valence-electron chi connectivity index (χ0n) is 10.4. The summed E-state index contributed by atoms with van der Waals surface area (Å²) < 4.78 is 27.6. The van der Waals surface area contributed by atoms with E-state index in [2.05, 4.69) is 0 Å². The number of halogens is 1. The Morgan fingerprint density at radius 3 is 2.29 bits per heavy atom. The van der Waals surface area contributed by atoms with Gasteiger partial charge in [0.15, 0.2) is 0 Å². The van der Waals surface area contributed by atoms with Crippen molar-refractivity contribution in [3.05, 3.63) is 57.6 Å². The molecule has 9 heteroatoms. The van der Waals surface area contributed by atoms with E-state index in [1.807, 2.05) is 0 Å². The van der Waals surface area contributed by atoms with Crippen molar-refractivity contribution in [1.82, 2.24) is 0 Å². The number of rotatable bonds is 4. The van der Waals surface area contributed by atoms with Gasteiger partial charge in [0.2, 0.25) is 15.8 Å². The van der Waals surface area contributed by atoms with Gasteiger partial charge in [0, 0.05) is 6.07 Å². The van der Waals surface area contributed by atoms with Crippen LogP contribution in [0.2, 0.25) is 5.02 Å². The van der Waals surface area contributed by atoms with Gasteiger partial charge in [0.05, 0.1) is 14.8 Å². The first-order valence-electron chi connectivity index (χ1n) is 5.52. The molecule has 0 saturated carbocycles. The quantitative estimate of drug-likeness (QED) is 0.684. The summed E-state index contributed by atoms with van der Waals surface area (Å²) >= 11 is 5.88. The average molecular weight is 329 g/mol. The zero-order chi connectivity index (χ0) is 15.6. The molecule has 0 aliphatic rings. The Labute approximate surface area is 125 Å². The maximum Gasteiger partial charge on any atom is 0.313 e. The largest absolute Gasteiger partial charge is 0.449 e. The highest BCUT2D eigenvalue weighted by Gasteiger charge is 2.19. The van der Waals surface area contributed by atoms with E-state index in [-0.39, 0.29) is 27.1 Å². The van der Waals surface area contributed by atoms with Crippen molar-refractivity contribution in [3.63, 3.8) is 0 Å². The Morgan fingerprint density at radius 2 is 1.76 bits per heavy atom. The summed E-state index contributed by atoms with van der Waals surface area (Å²) in [6.45, 7) is 0. The van der Waals surface area contributed by atoms with Gasteiger partial charge in [-0.15, -0.1) is 0 Å². The number of hydrogen-bond donors (Lipinski definition) is 1. The van der Waals surface area contributed by atoms with Crippen LogP contribution in [0.3, 0.4) is 0 Å². The zero-order valence-corrected chi connectivity index (χ0v) is 12.0. The first kappa shape index (κ1) is 15.2. The summed E-state index contributed by atoms with van der Waals surface area (Å²) in [6, 6.07) is 9.24. The van der Waals surface area contributed by atoms with Crippen molar-refractivity contribution >= 4 is 27.3 Å². The maximum atomic E-state index is 11.1. The molecule has 0 radical (unpaired) electrons. The summed E-state index contributed by atoms with van der Waals surface area (Å²) in [5, 5.41) is 16.0. The normalized spacial score (nSPS) is 11.1. The number of para-hydroxylation sites is 1. The lowest BCUT2D eigenvalue weighted by Crippen LogP contribution is -2.11. The Hall–Kier alpha value is -2.16. The van der Waals surface area contributed by atoms with E-state index in [9.17, 15) is 18.5 Å². The van der Waals surface area contributed by atoms with Gasteiger partial charge in [-0.3, -0.25) is 10.1 Å². The number of primary sulfonamides is 1. The number of hydrogen-bond acceptors (Lipinski definition) is 5. The van der Waals surface area contributed by atoms with E-state index < -0.39 is 14.9 Å². The van der Waals surface area contributed by atoms with Crippen molar-refractivity contribution in [1.29, 1.82) is 0 Å². The first-order valence-corrected chi connectivity index (χ1v) is 7.45. The van der Waals surface area contributed by atoms with E-state index in [4.69, 9.17) is 21.5 Å². The molecule has 21 heavy (non-hydrogen) atoms. The van der Waals surface area contributed by atoms with Gasteiger partial charge in [-0.1, -0.05) is 17.7 Å². The molecule has 0 amide bonds. The lowest BCUT2D eigenvalue weighted by Gasteiger charge is -2.08. The van der Waals surface area contributed by atoms with Gasteiger partial charge < -0.3 is 4.74 Å².